The van der Waals surface area contributed by atoms with Gasteiger partial charge in [-0.2, -0.15) is 0 Å². The van der Waals surface area contributed by atoms with Crippen molar-refractivity contribution < 1.29 is 9.53 Å². The number of pyridine rings is 1. The molecule has 2 aromatic rings. The smallest absolute Gasteiger partial charge is 0.164 e. The highest BCUT2D eigenvalue weighted by molar-refractivity contribution is 5.84. The lowest BCUT2D eigenvalue weighted by molar-refractivity contribution is -0.122. The highest BCUT2D eigenvalue weighted by Crippen LogP contribution is 2.16. The van der Waals surface area contributed by atoms with Gasteiger partial charge in [-0.25, -0.2) is 0 Å². The number of hydrogen-bond acceptors (Lipinski definition) is 3. The number of Topliss-reactive ketones (excluding diaryl/α,β-unsaturated/α-hetero) is 1. The van der Waals surface area contributed by atoms with Crippen LogP contribution >= 0.6 is 0 Å². The molecule has 0 fully saturated rings. The number of rotatable bonds is 4. The SMILES string of the molecule is COCC(=O)Cc1nc2ccccc2cc1C. The molecular weight excluding hydrogens is 214 g/mol. The third kappa shape index (κ3) is 2.68. The van der Waals surface area contributed by atoms with Crippen LogP contribution in [0.4, 0.5) is 0 Å². The Hall–Kier alpha value is -1.74. The molecule has 0 radical (unpaired) electrons. The summed E-state index contributed by atoms with van der Waals surface area (Å²) in [6.45, 7) is 2.13. The van der Waals surface area contributed by atoms with Crippen molar-refractivity contribution in [3.05, 3.63) is 41.6 Å². The van der Waals surface area contributed by atoms with Gasteiger partial charge >= 0.3 is 0 Å². The molecule has 0 aliphatic carbocycles. The maximum absolute atomic E-state index is 11.5. The maximum atomic E-state index is 11.5. The van der Waals surface area contributed by atoms with Crippen LogP contribution in [0.3, 0.4) is 0 Å². The van der Waals surface area contributed by atoms with Crippen LogP contribution in [0.25, 0.3) is 10.9 Å². The monoisotopic (exact) mass is 229 g/mol. The molecule has 1 aromatic heterocycles. The van der Waals surface area contributed by atoms with Crippen molar-refractivity contribution in [1.29, 1.82) is 0 Å². The Bertz CT molecular complexity index is 549. The van der Waals surface area contributed by atoms with Crippen LogP contribution in [-0.4, -0.2) is 24.5 Å². The van der Waals surface area contributed by atoms with Crippen LogP contribution in [-0.2, 0) is 16.0 Å². The lowest BCUT2D eigenvalue weighted by atomic mass is 10.1. The first-order chi connectivity index (χ1) is 8.20. The molecule has 0 saturated carbocycles. The van der Waals surface area contributed by atoms with E-state index in [1.165, 1.54) is 7.11 Å². The number of hydrogen-bond donors (Lipinski definition) is 0. The molecule has 1 aromatic carbocycles. The predicted octanol–water partition coefficient (Wildman–Crippen LogP) is 2.30. The van der Waals surface area contributed by atoms with Crippen molar-refractivity contribution in [1.82, 2.24) is 4.98 Å². The van der Waals surface area contributed by atoms with Crippen LogP contribution in [0.2, 0.25) is 0 Å². The Morgan fingerprint density at radius 2 is 2.12 bits per heavy atom. The van der Waals surface area contributed by atoms with Crippen molar-refractivity contribution in [2.75, 3.05) is 13.7 Å². The molecule has 17 heavy (non-hydrogen) atoms. The first-order valence-corrected chi connectivity index (χ1v) is 5.56. The molecule has 0 saturated heterocycles. The number of fused-ring (bicyclic) bond motifs is 1. The molecule has 0 unspecified atom stereocenters. The summed E-state index contributed by atoms with van der Waals surface area (Å²) >= 11 is 0. The summed E-state index contributed by atoms with van der Waals surface area (Å²) in [5.41, 5.74) is 2.82. The van der Waals surface area contributed by atoms with Crippen molar-refractivity contribution in [2.45, 2.75) is 13.3 Å². The number of ether oxygens (including phenoxy) is 1. The van der Waals surface area contributed by atoms with E-state index in [1.54, 1.807) is 0 Å². The second kappa shape index (κ2) is 5.06. The Kier molecular flexibility index (Phi) is 3.49. The number of carbonyl (C=O) groups excluding carboxylic acids is 1. The lowest BCUT2D eigenvalue weighted by Crippen LogP contribution is -2.11. The molecule has 3 heteroatoms. The number of para-hydroxylation sites is 1. The summed E-state index contributed by atoms with van der Waals surface area (Å²) in [4.78, 5) is 16.1. The Morgan fingerprint density at radius 3 is 2.88 bits per heavy atom. The fourth-order valence-corrected chi connectivity index (χ4v) is 1.84. The molecule has 0 aliphatic heterocycles. The topological polar surface area (TPSA) is 39.2 Å². The molecule has 0 spiro atoms. The number of benzene rings is 1. The summed E-state index contributed by atoms with van der Waals surface area (Å²) < 4.78 is 4.83. The van der Waals surface area contributed by atoms with Crippen LogP contribution in [0.1, 0.15) is 11.3 Å². The van der Waals surface area contributed by atoms with Crippen LogP contribution in [0.5, 0.6) is 0 Å². The molecule has 3 nitrogen and oxygen atoms in total. The van der Waals surface area contributed by atoms with Gasteiger partial charge in [-0.05, 0) is 24.6 Å². The lowest BCUT2D eigenvalue weighted by Gasteiger charge is -2.06. The summed E-state index contributed by atoms with van der Waals surface area (Å²) in [6.07, 6.45) is 0.338. The van der Waals surface area contributed by atoms with E-state index in [-0.39, 0.29) is 12.4 Å². The largest absolute Gasteiger partial charge is 0.377 e. The molecule has 0 aliphatic rings. The van der Waals surface area contributed by atoms with Crippen LogP contribution in [0.15, 0.2) is 30.3 Å². The van der Waals surface area contributed by atoms with Gasteiger partial charge in [0.15, 0.2) is 5.78 Å². The third-order valence-corrected chi connectivity index (χ3v) is 2.69. The van der Waals surface area contributed by atoms with E-state index in [2.05, 4.69) is 11.1 Å². The number of aryl methyl sites for hydroxylation is 1. The van der Waals surface area contributed by atoms with Crippen LogP contribution in [0, 0.1) is 6.92 Å². The van der Waals surface area contributed by atoms with Gasteiger partial charge in [-0.1, -0.05) is 18.2 Å². The van der Waals surface area contributed by atoms with Gasteiger partial charge in [0, 0.05) is 12.5 Å². The van der Waals surface area contributed by atoms with Crippen molar-refractivity contribution in [3.63, 3.8) is 0 Å². The summed E-state index contributed by atoms with van der Waals surface area (Å²) in [6, 6.07) is 9.98. The predicted molar refractivity (Wildman–Crippen MR) is 67.1 cm³/mol. The van der Waals surface area contributed by atoms with Gasteiger partial charge in [-0.15, -0.1) is 0 Å². The minimum atomic E-state index is 0.0541. The van der Waals surface area contributed by atoms with Crippen molar-refractivity contribution in [3.8, 4) is 0 Å². The molecule has 0 amide bonds. The van der Waals surface area contributed by atoms with E-state index >= 15 is 0 Å². The highest BCUT2D eigenvalue weighted by Gasteiger charge is 2.08. The molecule has 0 atom stereocenters. The molecule has 0 bridgehead atoms. The minimum Gasteiger partial charge on any atom is -0.377 e. The van der Waals surface area contributed by atoms with Gasteiger partial charge in [0.05, 0.1) is 17.6 Å². The van der Waals surface area contributed by atoms with Crippen molar-refractivity contribution >= 4 is 16.7 Å². The minimum absolute atomic E-state index is 0.0541. The van der Waals surface area contributed by atoms with Crippen molar-refractivity contribution in [2.24, 2.45) is 0 Å². The van der Waals surface area contributed by atoms with Gasteiger partial charge in [0.25, 0.3) is 0 Å². The van der Waals surface area contributed by atoms with Crippen LogP contribution < -0.4 is 0 Å². The quantitative estimate of drug-likeness (QED) is 0.807. The van der Waals surface area contributed by atoms with E-state index in [4.69, 9.17) is 4.74 Å². The van der Waals surface area contributed by atoms with Gasteiger partial charge in [0.1, 0.15) is 6.61 Å². The fraction of sp³-hybridized carbons (Fsp3) is 0.286. The summed E-state index contributed by atoms with van der Waals surface area (Å²) in [7, 11) is 1.53. The van der Waals surface area contributed by atoms with Gasteiger partial charge in [-0.3, -0.25) is 9.78 Å². The zero-order valence-corrected chi connectivity index (χ0v) is 10.1. The number of aromatic nitrogens is 1. The van der Waals surface area contributed by atoms with Gasteiger partial charge < -0.3 is 4.74 Å². The zero-order chi connectivity index (χ0) is 12.3. The molecule has 88 valence electrons. The Labute approximate surface area is 100 Å². The number of methoxy groups -OCH3 is 1. The molecular formula is C14H15NO2. The van der Waals surface area contributed by atoms with E-state index in [9.17, 15) is 4.79 Å². The second-order valence-corrected chi connectivity index (χ2v) is 4.09. The summed E-state index contributed by atoms with van der Waals surface area (Å²) in [5.74, 6) is 0.0541. The van der Waals surface area contributed by atoms with E-state index in [0.717, 1.165) is 22.2 Å². The average Bonchev–Trinajstić information content (AvgIpc) is 2.30. The van der Waals surface area contributed by atoms with Gasteiger partial charge in [0.2, 0.25) is 0 Å². The Morgan fingerprint density at radius 1 is 1.35 bits per heavy atom. The highest BCUT2D eigenvalue weighted by atomic mass is 16.5. The molecule has 0 N–H and O–H groups in total. The normalized spacial score (nSPS) is 10.7. The first kappa shape index (κ1) is 11.7. The molecule has 1 heterocycles. The number of carbonyl (C=O) groups is 1. The average molecular weight is 229 g/mol. The summed E-state index contributed by atoms with van der Waals surface area (Å²) in [5, 5.41) is 1.10. The maximum Gasteiger partial charge on any atom is 0.164 e. The number of ketones is 1. The molecule has 2 rings (SSSR count). The van der Waals surface area contributed by atoms with E-state index < -0.39 is 0 Å². The van der Waals surface area contributed by atoms with E-state index in [1.807, 2.05) is 31.2 Å². The standard InChI is InChI=1S/C14H15NO2/c1-10-7-11-5-3-4-6-13(11)15-14(10)8-12(16)9-17-2/h3-7H,8-9H2,1-2H3. The fourth-order valence-electron chi connectivity index (χ4n) is 1.84. The number of nitrogens with zero attached hydrogens (tertiary/aromatic N) is 1. The van der Waals surface area contributed by atoms with E-state index in [0.29, 0.717) is 6.42 Å². The zero-order valence-electron chi connectivity index (χ0n) is 10.1. The third-order valence-electron chi connectivity index (χ3n) is 2.69. The Balaban J connectivity index is 2.34. The second-order valence-electron chi connectivity index (χ2n) is 4.09. The first-order valence-electron chi connectivity index (χ1n) is 5.56.